The smallest absolute Gasteiger partial charge is 0.255 e. The number of benzene rings is 1. The fourth-order valence-corrected chi connectivity index (χ4v) is 2.26. The Bertz CT molecular complexity index is 597. The average molecular weight is 253 g/mol. The number of carbonyl (C=O) groups is 1. The van der Waals surface area contributed by atoms with E-state index in [4.69, 9.17) is 5.73 Å². The zero-order chi connectivity index (χ0) is 13.2. The Kier molecular flexibility index (Phi) is 3.01. The number of nitrogens with two attached hydrogens (primary N) is 1. The van der Waals surface area contributed by atoms with Crippen LogP contribution >= 0.6 is 0 Å². The average Bonchev–Trinajstić information content (AvgIpc) is 2.46. The molecule has 4 nitrogen and oxygen atoms in total. The molecule has 19 heavy (non-hydrogen) atoms. The zero-order valence-corrected chi connectivity index (χ0v) is 10.5. The summed E-state index contributed by atoms with van der Waals surface area (Å²) >= 11 is 0. The topological polar surface area (TPSA) is 59.2 Å². The predicted molar refractivity (Wildman–Crippen MR) is 73.3 cm³/mol. The molecule has 0 aliphatic carbocycles. The normalized spacial score (nSPS) is 17.9. The fourth-order valence-electron chi connectivity index (χ4n) is 2.26. The molecular formula is C15H15N3O. The van der Waals surface area contributed by atoms with Crippen LogP contribution in [0.1, 0.15) is 16.8 Å². The molecule has 4 heteroatoms. The second-order valence-corrected chi connectivity index (χ2v) is 4.64. The van der Waals surface area contributed by atoms with Gasteiger partial charge in [-0.3, -0.25) is 9.78 Å². The van der Waals surface area contributed by atoms with Crippen LogP contribution in [0.2, 0.25) is 0 Å². The molecule has 1 aromatic heterocycles. The second kappa shape index (κ2) is 4.82. The quantitative estimate of drug-likeness (QED) is 0.889. The molecular weight excluding hydrogens is 238 g/mol. The van der Waals surface area contributed by atoms with Gasteiger partial charge in [0.1, 0.15) is 0 Å². The molecule has 96 valence electrons. The van der Waals surface area contributed by atoms with Gasteiger partial charge >= 0.3 is 0 Å². The van der Waals surface area contributed by atoms with Crippen LogP contribution in [0.5, 0.6) is 0 Å². The lowest BCUT2D eigenvalue weighted by Crippen LogP contribution is -2.56. The van der Waals surface area contributed by atoms with Gasteiger partial charge in [0.15, 0.2) is 0 Å². The lowest BCUT2D eigenvalue weighted by atomic mass is 9.98. The molecule has 1 atom stereocenters. The minimum absolute atomic E-state index is 0.00166. The first-order chi connectivity index (χ1) is 9.27. The van der Waals surface area contributed by atoms with Gasteiger partial charge in [-0.05, 0) is 24.1 Å². The number of aromatic nitrogens is 1. The third-order valence-corrected chi connectivity index (χ3v) is 3.46. The van der Waals surface area contributed by atoms with Crippen molar-refractivity contribution in [2.45, 2.75) is 12.6 Å². The molecule has 0 radical (unpaired) electrons. The molecule has 2 heterocycles. The molecule has 1 saturated heterocycles. The first-order valence-corrected chi connectivity index (χ1v) is 6.33. The summed E-state index contributed by atoms with van der Waals surface area (Å²) in [5.41, 5.74) is 8.38. The number of amides is 1. The Morgan fingerprint density at radius 2 is 2.11 bits per heavy atom. The van der Waals surface area contributed by atoms with Gasteiger partial charge in [0, 0.05) is 30.1 Å². The summed E-state index contributed by atoms with van der Waals surface area (Å²) in [5.74, 6) is -0.00166. The molecule has 1 aromatic carbocycles. The van der Waals surface area contributed by atoms with Crippen molar-refractivity contribution in [1.29, 1.82) is 0 Å². The number of hydrogen-bond donors (Lipinski definition) is 1. The number of rotatable bonds is 2. The summed E-state index contributed by atoms with van der Waals surface area (Å²) in [6.45, 7) is 0.737. The first kappa shape index (κ1) is 11.9. The van der Waals surface area contributed by atoms with Crippen LogP contribution in [-0.2, 0) is 0 Å². The molecule has 3 rings (SSSR count). The minimum Gasteiger partial charge on any atom is -0.323 e. The highest BCUT2D eigenvalue weighted by Gasteiger charge is 2.30. The molecule has 1 unspecified atom stereocenters. The van der Waals surface area contributed by atoms with E-state index in [0.29, 0.717) is 5.56 Å². The lowest BCUT2D eigenvalue weighted by Gasteiger charge is -2.38. The van der Waals surface area contributed by atoms with Crippen LogP contribution in [0.15, 0.2) is 48.8 Å². The van der Waals surface area contributed by atoms with Gasteiger partial charge in [0.05, 0.1) is 6.17 Å². The maximum Gasteiger partial charge on any atom is 0.255 e. The standard InChI is InChI=1S/C15H15N3O/c16-14-7-9-18(14)15(19)13-6-2-1-5-12(13)11-4-3-8-17-10-11/h1-6,8,10,14H,7,9,16H2. The summed E-state index contributed by atoms with van der Waals surface area (Å²) in [6.07, 6.45) is 4.22. The summed E-state index contributed by atoms with van der Waals surface area (Å²) in [4.78, 5) is 18.3. The van der Waals surface area contributed by atoms with Gasteiger partial charge in [-0.25, -0.2) is 0 Å². The van der Waals surface area contributed by atoms with Crippen LogP contribution < -0.4 is 5.73 Å². The Morgan fingerprint density at radius 1 is 1.26 bits per heavy atom. The number of pyridine rings is 1. The van der Waals surface area contributed by atoms with Gasteiger partial charge < -0.3 is 10.6 Å². The fraction of sp³-hybridized carbons (Fsp3) is 0.200. The SMILES string of the molecule is NC1CCN1C(=O)c1ccccc1-c1cccnc1. The Balaban J connectivity index is 2.00. The monoisotopic (exact) mass is 253 g/mol. The van der Waals surface area contributed by atoms with Gasteiger partial charge in [-0.15, -0.1) is 0 Å². The predicted octanol–water partition coefficient (Wildman–Crippen LogP) is 1.88. The van der Waals surface area contributed by atoms with Gasteiger partial charge in [-0.2, -0.15) is 0 Å². The van der Waals surface area contributed by atoms with Gasteiger partial charge in [0.2, 0.25) is 0 Å². The summed E-state index contributed by atoms with van der Waals surface area (Å²) in [6, 6.07) is 11.4. The molecule has 1 fully saturated rings. The van der Waals surface area contributed by atoms with Crippen molar-refractivity contribution < 1.29 is 4.79 Å². The zero-order valence-electron chi connectivity index (χ0n) is 10.5. The van der Waals surface area contributed by atoms with Crippen molar-refractivity contribution >= 4 is 5.91 Å². The van der Waals surface area contributed by atoms with E-state index in [1.54, 1.807) is 17.3 Å². The first-order valence-electron chi connectivity index (χ1n) is 6.33. The van der Waals surface area contributed by atoms with Gasteiger partial charge in [0.25, 0.3) is 5.91 Å². The molecule has 0 spiro atoms. The second-order valence-electron chi connectivity index (χ2n) is 4.64. The number of nitrogens with zero attached hydrogens (tertiary/aromatic N) is 2. The van der Waals surface area contributed by atoms with Crippen molar-refractivity contribution in [2.75, 3.05) is 6.54 Å². The van der Waals surface area contributed by atoms with Crippen LogP contribution in [0.25, 0.3) is 11.1 Å². The van der Waals surface area contributed by atoms with E-state index in [1.807, 2.05) is 36.4 Å². The van der Waals surface area contributed by atoms with Crippen molar-refractivity contribution in [3.63, 3.8) is 0 Å². The van der Waals surface area contributed by atoms with E-state index >= 15 is 0 Å². The van der Waals surface area contributed by atoms with Crippen molar-refractivity contribution in [1.82, 2.24) is 9.88 Å². The highest BCUT2D eigenvalue weighted by molar-refractivity contribution is 6.01. The van der Waals surface area contributed by atoms with E-state index in [9.17, 15) is 4.79 Å². The maximum absolute atomic E-state index is 12.5. The van der Waals surface area contributed by atoms with E-state index in [1.165, 1.54) is 0 Å². The molecule has 2 N–H and O–H groups in total. The molecule has 0 bridgehead atoms. The van der Waals surface area contributed by atoms with E-state index in [0.717, 1.165) is 24.1 Å². The van der Waals surface area contributed by atoms with Crippen LogP contribution in [0, 0.1) is 0 Å². The molecule has 2 aromatic rings. The molecule has 1 amide bonds. The van der Waals surface area contributed by atoms with Crippen LogP contribution in [0.4, 0.5) is 0 Å². The summed E-state index contributed by atoms with van der Waals surface area (Å²) in [5, 5.41) is 0. The third kappa shape index (κ3) is 2.11. The molecule has 0 saturated carbocycles. The van der Waals surface area contributed by atoms with E-state index < -0.39 is 0 Å². The van der Waals surface area contributed by atoms with E-state index in [2.05, 4.69) is 4.98 Å². The highest BCUT2D eigenvalue weighted by Crippen LogP contribution is 2.26. The number of hydrogen-bond acceptors (Lipinski definition) is 3. The Morgan fingerprint density at radius 3 is 2.74 bits per heavy atom. The summed E-state index contributed by atoms with van der Waals surface area (Å²) < 4.78 is 0. The van der Waals surface area contributed by atoms with Crippen LogP contribution in [-0.4, -0.2) is 28.5 Å². The van der Waals surface area contributed by atoms with Crippen molar-refractivity contribution in [3.8, 4) is 11.1 Å². The van der Waals surface area contributed by atoms with Gasteiger partial charge in [-0.1, -0.05) is 24.3 Å². The molecule has 1 aliphatic heterocycles. The van der Waals surface area contributed by atoms with Crippen molar-refractivity contribution in [2.24, 2.45) is 5.73 Å². The number of carbonyl (C=O) groups excluding carboxylic acids is 1. The number of likely N-dealkylation sites (tertiary alicyclic amines) is 1. The lowest BCUT2D eigenvalue weighted by molar-refractivity contribution is 0.0479. The largest absolute Gasteiger partial charge is 0.323 e. The maximum atomic E-state index is 12.5. The Hall–Kier alpha value is -2.20. The minimum atomic E-state index is -0.144. The van der Waals surface area contributed by atoms with Crippen LogP contribution in [0.3, 0.4) is 0 Å². The van der Waals surface area contributed by atoms with Crippen molar-refractivity contribution in [3.05, 3.63) is 54.4 Å². The molecule has 1 aliphatic rings. The third-order valence-electron chi connectivity index (χ3n) is 3.46. The summed E-state index contributed by atoms with van der Waals surface area (Å²) in [7, 11) is 0. The highest BCUT2D eigenvalue weighted by atomic mass is 16.2. The Labute approximate surface area is 111 Å². The van der Waals surface area contributed by atoms with E-state index in [-0.39, 0.29) is 12.1 Å².